The van der Waals surface area contributed by atoms with Crippen molar-refractivity contribution in [2.75, 3.05) is 32.8 Å². The summed E-state index contributed by atoms with van der Waals surface area (Å²) in [5, 5.41) is 9.01. The number of nitrogens with zero attached hydrogens (tertiary/aromatic N) is 3. The highest BCUT2D eigenvalue weighted by Crippen LogP contribution is 2.29. The van der Waals surface area contributed by atoms with Crippen molar-refractivity contribution in [1.29, 1.82) is 5.26 Å². The fourth-order valence-electron chi connectivity index (χ4n) is 3.51. The van der Waals surface area contributed by atoms with E-state index in [0.717, 1.165) is 32.4 Å². The third kappa shape index (κ3) is 4.04. The van der Waals surface area contributed by atoms with E-state index in [4.69, 9.17) is 10.00 Å². The average molecular weight is 331 g/mol. The smallest absolute Gasteiger partial charge is 0.260 e. The molecule has 0 aromatic heterocycles. The van der Waals surface area contributed by atoms with Gasteiger partial charge in [0.1, 0.15) is 11.6 Å². The largest absolute Gasteiger partial charge is 0.484 e. The minimum Gasteiger partial charge on any atom is -0.484 e. The van der Waals surface area contributed by atoms with E-state index >= 15 is 0 Å². The van der Waals surface area contributed by atoms with Crippen molar-refractivity contribution < 1.29 is 13.9 Å². The molecule has 2 aliphatic rings. The Bertz CT molecular complexity index is 606. The summed E-state index contributed by atoms with van der Waals surface area (Å²) in [6.45, 7) is 3.07. The van der Waals surface area contributed by atoms with Gasteiger partial charge in [0.15, 0.2) is 6.61 Å². The molecule has 6 heteroatoms. The molecule has 2 unspecified atom stereocenters. The lowest BCUT2D eigenvalue weighted by Gasteiger charge is -2.38. The van der Waals surface area contributed by atoms with Gasteiger partial charge in [-0.05, 0) is 43.5 Å². The molecule has 0 bridgehead atoms. The van der Waals surface area contributed by atoms with Crippen molar-refractivity contribution >= 4 is 5.91 Å². The second kappa shape index (κ2) is 7.63. The Labute approximate surface area is 141 Å². The Kier molecular flexibility index (Phi) is 5.31. The summed E-state index contributed by atoms with van der Waals surface area (Å²) < 4.78 is 18.3. The van der Waals surface area contributed by atoms with Crippen molar-refractivity contribution in [3.63, 3.8) is 0 Å². The van der Waals surface area contributed by atoms with Crippen molar-refractivity contribution in [3.8, 4) is 11.8 Å². The predicted octanol–water partition coefficient (Wildman–Crippen LogP) is 2.04. The number of hydrogen-bond acceptors (Lipinski definition) is 4. The molecule has 0 spiro atoms. The Balaban J connectivity index is 1.42. The summed E-state index contributed by atoms with van der Waals surface area (Å²) in [7, 11) is 0. The predicted molar refractivity (Wildman–Crippen MR) is 86.8 cm³/mol. The highest BCUT2D eigenvalue weighted by molar-refractivity contribution is 5.77. The highest BCUT2D eigenvalue weighted by Gasteiger charge is 2.31. The molecule has 2 fully saturated rings. The van der Waals surface area contributed by atoms with E-state index in [-0.39, 0.29) is 24.2 Å². The molecular weight excluding hydrogens is 309 g/mol. The van der Waals surface area contributed by atoms with Crippen LogP contribution in [-0.4, -0.2) is 54.5 Å². The van der Waals surface area contributed by atoms with Crippen LogP contribution in [0.4, 0.5) is 4.39 Å². The van der Waals surface area contributed by atoms with Crippen LogP contribution < -0.4 is 4.74 Å². The lowest BCUT2D eigenvalue weighted by Crippen LogP contribution is -2.52. The summed E-state index contributed by atoms with van der Waals surface area (Å²) in [6, 6.07) is 8.52. The molecule has 1 aromatic rings. The number of amides is 1. The number of benzene rings is 1. The zero-order valence-electron chi connectivity index (χ0n) is 13.7. The maximum atomic E-state index is 12.8. The highest BCUT2D eigenvalue weighted by atomic mass is 19.1. The summed E-state index contributed by atoms with van der Waals surface area (Å²) >= 11 is 0. The second-order valence-corrected chi connectivity index (χ2v) is 6.45. The minimum absolute atomic E-state index is 0.0223. The van der Waals surface area contributed by atoms with Gasteiger partial charge >= 0.3 is 0 Å². The molecule has 24 heavy (non-hydrogen) atoms. The number of piperazine rings is 1. The molecule has 0 radical (unpaired) electrons. The van der Waals surface area contributed by atoms with Crippen LogP contribution >= 0.6 is 0 Å². The van der Waals surface area contributed by atoms with Gasteiger partial charge in [-0.25, -0.2) is 4.39 Å². The number of ether oxygens (including phenoxy) is 1. The second-order valence-electron chi connectivity index (χ2n) is 6.45. The molecule has 128 valence electrons. The SMILES string of the molecule is N#CC1CCC(N2CCN(C(=O)COc3ccc(F)cc3)CC2)C1. The van der Waals surface area contributed by atoms with Gasteiger partial charge in [-0.1, -0.05) is 0 Å². The third-order valence-corrected chi connectivity index (χ3v) is 4.95. The van der Waals surface area contributed by atoms with Crippen LogP contribution in [0.3, 0.4) is 0 Å². The molecule has 0 N–H and O–H groups in total. The maximum absolute atomic E-state index is 12.8. The van der Waals surface area contributed by atoms with Crippen LogP contribution in [0.2, 0.25) is 0 Å². The molecule has 5 nitrogen and oxygen atoms in total. The van der Waals surface area contributed by atoms with E-state index in [1.54, 1.807) is 0 Å². The van der Waals surface area contributed by atoms with Crippen molar-refractivity contribution in [1.82, 2.24) is 9.80 Å². The van der Waals surface area contributed by atoms with Gasteiger partial charge in [-0.3, -0.25) is 9.69 Å². The Morgan fingerprint density at radius 2 is 1.92 bits per heavy atom. The van der Waals surface area contributed by atoms with Crippen LogP contribution in [0.5, 0.6) is 5.75 Å². The van der Waals surface area contributed by atoms with E-state index in [2.05, 4.69) is 11.0 Å². The van der Waals surface area contributed by atoms with Crippen LogP contribution in [0, 0.1) is 23.1 Å². The molecule has 3 rings (SSSR count). The summed E-state index contributed by atoms with van der Waals surface area (Å²) in [4.78, 5) is 16.5. The fourth-order valence-corrected chi connectivity index (χ4v) is 3.51. The third-order valence-electron chi connectivity index (χ3n) is 4.95. The first-order chi connectivity index (χ1) is 11.7. The zero-order valence-corrected chi connectivity index (χ0v) is 13.7. The summed E-state index contributed by atoms with van der Waals surface area (Å²) in [6.07, 6.45) is 3.03. The quantitative estimate of drug-likeness (QED) is 0.847. The lowest BCUT2D eigenvalue weighted by molar-refractivity contribution is -0.135. The standard InChI is InChI=1S/C18H22FN3O2/c19-15-2-5-17(6-3-15)24-13-18(23)22-9-7-21(8-10-22)16-4-1-14(11-16)12-20/h2-3,5-6,14,16H,1,4,7-11,13H2. The number of hydrogen-bond donors (Lipinski definition) is 0. The van der Waals surface area contributed by atoms with E-state index < -0.39 is 0 Å². The van der Waals surface area contributed by atoms with E-state index in [0.29, 0.717) is 24.9 Å². The number of nitriles is 1. The number of carbonyl (C=O) groups excluding carboxylic acids is 1. The van der Waals surface area contributed by atoms with Crippen LogP contribution in [0.1, 0.15) is 19.3 Å². The van der Waals surface area contributed by atoms with Crippen LogP contribution in [0.25, 0.3) is 0 Å². The molecule has 1 heterocycles. The van der Waals surface area contributed by atoms with Gasteiger partial charge in [0.05, 0.1) is 6.07 Å². The Hall–Kier alpha value is -2.13. The first-order valence-corrected chi connectivity index (χ1v) is 8.45. The van der Waals surface area contributed by atoms with E-state index in [9.17, 15) is 9.18 Å². The van der Waals surface area contributed by atoms with Crippen LogP contribution in [0.15, 0.2) is 24.3 Å². The van der Waals surface area contributed by atoms with E-state index in [1.165, 1.54) is 24.3 Å². The van der Waals surface area contributed by atoms with Crippen molar-refractivity contribution in [2.24, 2.45) is 5.92 Å². The first kappa shape index (κ1) is 16.7. The molecule has 1 amide bonds. The Morgan fingerprint density at radius 1 is 1.21 bits per heavy atom. The average Bonchev–Trinajstić information content (AvgIpc) is 3.10. The molecule has 2 atom stereocenters. The van der Waals surface area contributed by atoms with Gasteiger partial charge < -0.3 is 9.64 Å². The molecule has 1 aromatic carbocycles. The molecule has 1 saturated carbocycles. The maximum Gasteiger partial charge on any atom is 0.260 e. The monoisotopic (exact) mass is 331 g/mol. The minimum atomic E-state index is -0.324. The van der Waals surface area contributed by atoms with Crippen LogP contribution in [-0.2, 0) is 4.79 Å². The zero-order chi connectivity index (χ0) is 16.9. The van der Waals surface area contributed by atoms with Gasteiger partial charge in [0.2, 0.25) is 0 Å². The normalized spacial score (nSPS) is 24.6. The molecule has 1 saturated heterocycles. The number of halogens is 1. The fraction of sp³-hybridized carbons (Fsp3) is 0.556. The van der Waals surface area contributed by atoms with Crippen molar-refractivity contribution in [3.05, 3.63) is 30.1 Å². The Morgan fingerprint density at radius 3 is 2.54 bits per heavy atom. The van der Waals surface area contributed by atoms with Crippen molar-refractivity contribution in [2.45, 2.75) is 25.3 Å². The topological polar surface area (TPSA) is 56.6 Å². The van der Waals surface area contributed by atoms with Gasteiger partial charge in [-0.2, -0.15) is 5.26 Å². The summed E-state index contributed by atoms with van der Waals surface area (Å²) in [5.41, 5.74) is 0. The number of carbonyl (C=O) groups is 1. The molecule has 1 aliphatic heterocycles. The van der Waals surface area contributed by atoms with Gasteiger partial charge in [-0.15, -0.1) is 0 Å². The first-order valence-electron chi connectivity index (χ1n) is 8.45. The van der Waals surface area contributed by atoms with Gasteiger partial charge in [0.25, 0.3) is 5.91 Å². The molecular formula is C18H22FN3O2. The van der Waals surface area contributed by atoms with Gasteiger partial charge in [0, 0.05) is 38.1 Å². The van der Waals surface area contributed by atoms with E-state index in [1.807, 2.05) is 4.90 Å². The molecule has 1 aliphatic carbocycles. The lowest BCUT2D eigenvalue weighted by atomic mass is 10.1. The number of rotatable bonds is 4. The summed E-state index contributed by atoms with van der Waals surface area (Å²) in [5.74, 6) is 0.325.